The number of benzene rings is 2. The fourth-order valence-corrected chi connectivity index (χ4v) is 3.53. The molecule has 0 aliphatic rings. The summed E-state index contributed by atoms with van der Waals surface area (Å²) >= 11 is 6.35. The van der Waals surface area contributed by atoms with Crippen LogP contribution in [0.3, 0.4) is 0 Å². The summed E-state index contributed by atoms with van der Waals surface area (Å²) < 4.78 is 0. The third kappa shape index (κ3) is 3.48. The molecule has 0 bridgehead atoms. The summed E-state index contributed by atoms with van der Waals surface area (Å²) in [6.45, 7) is 4.57. The first-order valence-electron chi connectivity index (χ1n) is 8.67. The van der Waals surface area contributed by atoms with Crippen LogP contribution >= 0.6 is 11.6 Å². The number of amides is 1. The monoisotopic (exact) mass is 369 g/mol. The van der Waals surface area contributed by atoms with Gasteiger partial charge in [0.05, 0.1) is 17.1 Å². The van der Waals surface area contributed by atoms with Gasteiger partial charge in [-0.2, -0.15) is 0 Å². The Morgan fingerprint density at radius 3 is 2.58 bits per heavy atom. The normalized spacial score (nSPS) is 12.5. The van der Waals surface area contributed by atoms with E-state index in [1.807, 2.05) is 63.5 Å². The van der Waals surface area contributed by atoms with E-state index in [0.29, 0.717) is 17.1 Å². The Morgan fingerprint density at radius 2 is 1.88 bits per heavy atom. The summed E-state index contributed by atoms with van der Waals surface area (Å²) in [5.74, 6) is -0.0873. The van der Waals surface area contributed by atoms with Crippen LogP contribution in [0.5, 0.6) is 0 Å². The van der Waals surface area contributed by atoms with Gasteiger partial charge in [-0.25, -0.2) is 0 Å². The number of aromatic amines is 1. The van der Waals surface area contributed by atoms with Gasteiger partial charge in [-0.3, -0.25) is 4.79 Å². The molecule has 3 aromatic rings. The molecular weight excluding hydrogens is 346 g/mol. The van der Waals surface area contributed by atoms with E-state index < -0.39 is 0 Å². The topological polar surface area (TPSA) is 48.1 Å². The highest BCUT2D eigenvalue weighted by molar-refractivity contribution is 6.31. The Kier molecular flexibility index (Phi) is 5.35. The molecule has 3 rings (SSSR count). The third-order valence-corrected chi connectivity index (χ3v) is 5.28. The molecule has 0 aliphatic heterocycles. The molecule has 0 unspecified atom stereocenters. The summed E-state index contributed by atoms with van der Waals surface area (Å²) in [5.41, 5.74) is 4.82. The molecule has 1 atom stereocenters. The largest absolute Gasteiger partial charge is 0.358 e. The van der Waals surface area contributed by atoms with Crippen molar-refractivity contribution in [1.29, 1.82) is 0 Å². The van der Waals surface area contributed by atoms with E-state index in [4.69, 9.17) is 11.6 Å². The molecule has 1 heterocycles. The van der Waals surface area contributed by atoms with Crippen LogP contribution in [0.25, 0.3) is 10.9 Å². The summed E-state index contributed by atoms with van der Waals surface area (Å²) in [5, 5.41) is 4.86. The van der Waals surface area contributed by atoms with Gasteiger partial charge in [-0.1, -0.05) is 41.9 Å². The van der Waals surface area contributed by atoms with Crippen LogP contribution in [0, 0.1) is 13.8 Å². The number of H-pyrrole nitrogens is 1. The molecule has 0 radical (unpaired) electrons. The first kappa shape index (κ1) is 18.5. The van der Waals surface area contributed by atoms with Gasteiger partial charge in [0.15, 0.2) is 0 Å². The van der Waals surface area contributed by atoms with Crippen LogP contribution < -0.4 is 5.32 Å². The quantitative estimate of drug-likeness (QED) is 0.697. The third-order valence-electron chi connectivity index (χ3n) is 4.93. The van der Waals surface area contributed by atoms with E-state index in [0.717, 1.165) is 22.2 Å². The zero-order chi connectivity index (χ0) is 18.8. The molecule has 1 amide bonds. The Balaban J connectivity index is 1.84. The average Bonchev–Trinajstić information content (AvgIpc) is 2.90. The number of fused-ring (bicyclic) bond motifs is 1. The lowest BCUT2D eigenvalue weighted by Crippen LogP contribution is -2.34. The predicted molar refractivity (Wildman–Crippen MR) is 108 cm³/mol. The van der Waals surface area contributed by atoms with Gasteiger partial charge in [-0.05, 0) is 51.2 Å². The highest BCUT2D eigenvalue weighted by atomic mass is 35.5. The highest BCUT2D eigenvalue weighted by Crippen LogP contribution is 2.26. The number of para-hydroxylation sites is 1. The van der Waals surface area contributed by atoms with Crippen molar-refractivity contribution in [3.8, 4) is 0 Å². The van der Waals surface area contributed by atoms with E-state index in [2.05, 4.69) is 22.1 Å². The number of carbonyl (C=O) groups is 1. The number of likely N-dealkylation sites (N-methyl/N-ethyl adjacent to an activating group) is 1. The first-order chi connectivity index (χ1) is 12.4. The minimum absolute atomic E-state index is 0.000956. The number of rotatable bonds is 5. The van der Waals surface area contributed by atoms with Crippen LogP contribution in [-0.4, -0.2) is 36.4 Å². The van der Waals surface area contributed by atoms with E-state index in [1.54, 1.807) is 0 Å². The SMILES string of the molecule is Cc1[nH]c2c(C(=O)NC[C@H](c3ccccc3Cl)N(C)C)cccc2c1C. The van der Waals surface area contributed by atoms with Crippen LogP contribution in [0.2, 0.25) is 5.02 Å². The number of nitrogens with one attached hydrogen (secondary N) is 2. The van der Waals surface area contributed by atoms with Crippen LogP contribution in [0.4, 0.5) is 0 Å². The van der Waals surface area contributed by atoms with Crippen molar-refractivity contribution in [3.05, 3.63) is 69.9 Å². The van der Waals surface area contributed by atoms with Gasteiger partial charge in [-0.15, -0.1) is 0 Å². The number of halogens is 1. The molecule has 1 aromatic heterocycles. The lowest BCUT2D eigenvalue weighted by Gasteiger charge is -2.26. The lowest BCUT2D eigenvalue weighted by molar-refractivity contribution is 0.0943. The number of aryl methyl sites for hydroxylation is 2. The maximum absolute atomic E-state index is 12.8. The molecule has 5 heteroatoms. The Hall–Kier alpha value is -2.30. The fraction of sp³-hybridized carbons (Fsp3) is 0.286. The molecule has 136 valence electrons. The molecular formula is C21H24ClN3O. The smallest absolute Gasteiger partial charge is 0.253 e. The zero-order valence-electron chi connectivity index (χ0n) is 15.6. The molecule has 0 aliphatic carbocycles. The van der Waals surface area contributed by atoms with E-state index in [1.165, 1.54) is 5.56 Å². The minimum Gasteiger partial charge on any atom is -0.358 e. The molecule has 0 saturated heterocycles. The van der Waals surface area contributed by atoms with E-state index >= 15 is 0 Å². The van der Waals surface area contributed by atoms with Gasteiger partial charge in [0.2, 0.25) is 0 Å². The Bertz CT molecular complexity index is 946. The molecule has 4 nitrogen and oxygen atoms in total. The second-order valence-corrected chi connectivity index (χ2v) is 7.22. The van der Waals surface area contributed by atoms with Gasteiger partial charge in [0.1, 0.15) is 0 Å². The molecule has 2 N–H and O–H groups in total. The van der Waals surface area contributed by atoms with Crippen LogP contribution in [0.15, 0.2) is 42.5 Å². The fourth-order valence-electron chi connectivity index (χ4n) is 3.27. The minimum atomic E-state index is -0.0873. The van der Waals surface area contributed by atoms with Gasteiger partial charge >= 0.3 is 0 Å². The average molecular weight is 370 g/mol. The van der Waals surface area contributed by atoms with Gasteiger partial charge in [0, 0.05) is 22.6 Å². The van der Waals surface area contributed by atoms with Crippen molar-refractivity contribution in [1.82, 2.24) is 15.2 Å². The highest BCUT2D eigenvalue weighted by Gasteiger charge is 2.19. The molecule has 0 saturated carbocycles. The number of hydrogen-bond donors (Lipinski definition) is 2. The maximum Gasteiger partial charge on any atom is 0.253 e. The molecule has 2 aromatic carbocycles. The van der Waals surface area contributed by atoms with Crippen molar-refractivity contribution in [3.63, 3.8) is 0 Å². The van der Waals surface area contributed by atoms with Crippen molar-refractivity contribution >= 4 is 28.4 Å². The second kappa shape index (κ2) is 7.52. The van der Waals surface area contributed by atoms with Gasteiger partial charge < -0.3 is 15.2 Å². The number of hydrogen-bond acceptors (Lipinski definition) is 2. The van der Waals surface area contributed by atoms with Gasteiger partial charge in [0.25, 0.3) is 5.91 Å². The summed E-state index contributed by atoms with van der Waals surface area (Å²) in [4.78, 5) is 18.2. The van der Waals surface area contributed by atoms with Crippen molar-refractivity contribution in [2.45, 2.75) is 19.9 Å². The summed E-state index contributed by atoms with van der Waals surface area (Å²) in [6.07, 6.45) is 0. The second-order valence-electron chi connectivity index (χ2n) is 6.81. The maximum atomic E-state index is 12.8. The standard InChI is InChI=1S/C21H24ClN3O/c1-13-14(2)24-20-15(13)9-7-10-17(20)21(26)23-12-19(25(3)4)16-8-5-6-11-18(16)22/h5-11,19,24H,12H2,1-4H3,(H,23,26)/t19-/m1/s1. The number of nitrogens with zero attached hydrogens (tertiary/aromatic N) is 1. The van der Waals surface area contributed by atoms with Crippen LogP contribution in [0.1, 0.15) is 33.2 Å². The van der Waals surface area contributed by atoms with E-state index in [-0.39, 0.29) is 11.9 Å². The number of aromatic nitrogens is 1. The first-order valence-corrected chi connectivity index (χ1v) is 9.05. The zero-order valence-corrected chi connectivity index (χ0v) is 16.3. The Morgan fingerprint density at radius 1 is 1.15 bits per heavy atom. The summed E-state index contributed by atoms with van der Waals surface area (Å²) in [7, 11) is 3.97. The lowest BCUT2D eigenvalue weighted by atomic mass is 10.0. The van der Waals surface area contributed by atoms with Crippen LogP contribution in [-0.2, 0) is 0 Å². The van der Waals surface area contributed by atoms with Crippen molar-refractivity contribution < 1.29 is 4.79 Å². The van der Waals surface area contributed by atoms with Crippen molar-refractivity contribution in [2.75, 3.05) is 20.6 Å². The summed E-state index contributed by atoms with van der Waals surface area (Å²) in [6, 6.07) is 13.6. The number of carbonyl (C=O) groups excluding carboxylic acids is 1. The molecule has 0 spiro atoms. The molecule has 0 fully saturated rings. The molecule has 26 heavy (non-hydrogen) atoms. The van der Waals surface area contributed by atoms with Crippen molar-refractivity contribution in [2.24, 2.45) is 0 Å². The van der Waals surface area contributed by atoms with E-state index in [9.17, 15) is 4.79 Å². The predicted octanol–water partition coefficient (Wildman–Crippen LogP) is 4.47. The Labute approximate surface area is 159 Å².